The average Bonchev–Trinajstić information content (AvgIpc) is 3.49. The molecule has 1 aromatic rings. The van der Waals surface area contributed by atoms with Crippen molar-refractivity contribution in [3.63, 3.8) is 0 Å². The molecule has 3 rings (SSSR count). The summed E-state index contributed by atoms with van der Waals surface area (Å²) in [5.41, 5.74) is 6.34. The maximum absolute atomic E-state index is 13.5. The number of carboxylic acid groups (broad SMARTS) is 1. The van der Waals surface area contributed by atoms with E-state index in [4.69, 9.17) is 19.9 Å². The minimum atomic E-state index is -3.46. The number of ether oxygens (including phenoxy) is 3. The molecular weight excluding hydrogens is 528 g/mol. The molecule has 0 aromatic heterocycles. The van der Waals surface area contributed by atoms with Crippen LogP contribution in [0.15, 0.2) is 12.1 Å². The van der Waals surface area contributed by atoms with Gasteiger partial charge in [-0.1, -0.05) is 13.3 Å². The Morgan fingerprint density at radius 2 is 1.97 bits per heavy atom. The lowest BCUT2D eigenvalue weighted by Gasteiger charge is -2.29. The molecule has 0 unspecified atom stereocenters. The van der Waals surface area contributed by atoms with Crippen molar-refractivity contribution in [1.29, 1.82) is 0 Å². The highest BCUT2D eigenvalue weighted by molar-refractivity contribution is 7.88. The van der Waals surface area contributed by atoms with Crippen LogP contribution in [0.2, 0.25) is 0 Å². The fraction of sp³-hybridized carbons (Fsp3) is 0.692. The summed E-state index contributed by atoms with van der Waals surface area (Å²) in [6.45, 7) is 4.28. The van der Waals surface area contributed by atoms with Crippen molar-refractivity contribution in [2.45, 2.75) is 51.0 Å². The zero-order valence-electron chi connectivity index (χ0n) is 23.1. The van der Waals surface area contributed by atoms with Gasteiger partial charge in [0.2, 0.25) is 28.5 Å². The number of fused-ring (bicyclic) bond motifs is 1. The third-order valence-electron chi connectivity index (χ3n) is 7.30. The zero-order valence-corrected chi connectivity index (χ0v) is 23.9. The molecule has 0 radical (unpaired) electrons. The average molecular weight is 571 g/mol. The van der Waals surface area contributed by atoms with E-state index in [0.717, 1.165) is 31.9 Å². The third-order valence-corrected chi connectivity index (χ3v) is 8.03. The Morgan fingerprint density at radius 3 is 2.62 bits per heavy atom. The number of carbonyl (C=O) groups is 2. The molecule has 1 fully saturated rings. The van der Waals surface area contributed by atoms with E-state index in [2.05, 4.69) is 11.6 Å². The highest BCUT2D eigenvalue weighted by Crippen LogP contribution is 2.47. The quantitative estimate of drug-likeness (QED) is 0.246. The molecular formula is C26H42N4O8S. The maximum atomic E-state index is 13.5. The number of sulfonamides is 1. The summed E-state index contributed by atoms with van der Waals surface area (Å²) < 4.78 is 42.4. The van der Waals surface area contributed by atoms with E-state index in [-0.39, 0.29) is 32.2 Å². The first-order valence-corrected chi connectivity index (χ1v) is 15.4. The van der Waals surface area contributed by atoms with Gasteiger partial charge in [-0.25, -0.2) is 13.1 Å². The molecule has 0 spiro atoms. The molecule has 2 heterocycles. The lowest BCUT2D eigenvalue weighted by molar-refractivity contribution is -0.143. The standard InChI is InChI=1S/C26H42N4O8S/c1-4-5-11-29(12-7-6-9-27)23(31)16-30-15-19(18-13-21(36-2)25-22(14-18)37-17-38-25)24(26(32)33)20(30)8-10-28-39(3,34)35/h13-14,19-20,24,28H,4-12,15-17,27H2,1-3H3,(H,32,33)/t19-,20+,24-/m1/s1. The van der Waals surface area contributed by atoms with Gasteiger partial charge in [-0.3, -0.25) is 14.5 Å². The number of hydrogen-bond acceptors (Lipinski definition) is 9. The van der Waals surface area contributed by atoms with Gasteiger partial charge in [-0.15, -0.1) is 0 Å². The SMILES string of the molecule is CCCCN(CCCCN)C(=O)CN1C[C@H](c2cc(OC)c3c(c2)OCO3)[C@@H](C(=O)O)[C@@H]1CCNS(C)(=O)=O. The van der Waals surface area contributed by atoms with Crippen molar-refractivity contribution in [3.8, 4) is 17.2 Å². The van der Waals surface area contributed by atoms with E-state index in [1.807, 2.05) is 9.80 Å². The summed E-state index contributed by atoms with van der Waals surface area (Å²) in [5, 5.41) is 10.4. The predicted molar refractivity (Wildman–Crippen MR) is 146 cm³/mol. The van der Waals surface area contributed by atoms with Crippen molar-refractivity contribution >= 4 is 21.9 Å². The number of hydrogen-bond donors (Lipinski definition) is 3. The summed E-state index contributed by atoms with van der Waals surface area (Å²) in [4.78, 5) is 29.9. The second kappa shape index (κ2) is 14.1. The van der Waals surface area contributed by atoms with Gasteiger partial charge >= 0.3 is 5.97 Å². The highest BCUT2D eigenvalue weighted by atomic mass is 32.2. The van der Waals surface area contributed by atoms with Crippen LogP contribution in [-0.2, 0) is 19.6 Å². The Balaban J connectivity index is 1.90. The lowest BCUT2D eigenvalue weighted by Crippen LogP contribution is -2.45. The van der Waals surface area contributed by atoms with Crippen molar-refractivity contribution < 1.29 is 37.3 Å². The Hall–Kier alpha value is -2.61. The number of aliphatic carboxylic acids is 1. The number of carbonyl (C=O) groups excluding carboxylic acids is 1. The first-order valence-electron chi connectivity index (χ1n) is 13.5. The van der Waals surface area contributed by atoms with Gasteiger partial charge in [0.1, 0.15) is 0 Å². The van der Waals surface area contributed by atoms with Crippen LogP contribution in [0.3, 0.4) is 0 Å². The first-order chi connectivity index (χ1) is 18.6. The molecule has 1 aromatic carbocycles. The minimum absolute atomic E-state index is 0.0395. The summed E-state index contributed by atoms with van der Waals surface area (Å²) in [7, 11) is -1.96. The molecule has 39 heavy (non-hydrogen) atoms. The van der Waals surface area contributed by atoms with E-state index < -0.39 is 33.9 Å². The molecule has 0 bridgehead atoms. The fourth-order valence-electron chi connectivity index (χ4n) is 5.38. The zero-order chi connectivity index (χ0) is 28.6. The molecule has 0 aliphatic carbocycles. The fourth-order valence-corrected chi connectivity index (χ4v) is 5.87. The molecule has 1 amide bonds. The van der Waals surface area contributed by atoms with Gasteiger partial charge in [0.15, 0.2) is 11.5 Å². The molecule has 2 aliphatic heterocycles. The minimum Gasteiger partial charge on any atom is -0.493 e. The van der Waals surface area contributed by atoms with Crippen LogP contribution < -0.4 is 24.7 Å². The monoisotopic (exact) mass is 570 g/mol. The van der Waals surface area contributed by atoms with Gasteiger partial charge < -0.3 is 30.0 Å². The van der Waals surface area contributed by atoms with Crippen LogP contribution in [0.4, 0.5) is 0 Å². The van der Waals surface area contributed by atoms with Crippen molar-refractivity contribution in [1.82, 2.24) is 14.5 Å². The number of rotatable bonds is 16. The topological polar surface area (TPSA) is 161 Å². The van der Waals surface area contributed by atoms with Gasteiger partial charge in [-0.05, 0) is 49.9 Å². The van der Waals surface area contributed by atoms with Gasteiger partial charge in [0.25, 0.3) is 0 Å². The molecule has 4 N–H and O–H groups in total. The summed E-state index contributed by atoms with van der Waals surface area (Å²) in [6, 6.07) is 2.95. The first kappa shape index (κ1) is 30.9. The second-order valence-corrected chi connectivity index (χ2v) is 11.9. The van der Waals surface area contributed by atoms with Crippen molar-refractivity contribution in [2.24, 2.45) is 11.7 Å². The lowest BCUT2D eigenvalue weighted by atomic mass is 9.84. The second-order valence-electron chi connectivity index (χ2n) is 10.1. The summed E-state index contributed by atoms with van der Waals surface area (Å²) >= 11 is 0. The number of nitrogens with one attached hydrogen (secondary N) is 1. The van der Waals surface area contributed by atoms with Crippen LogP contribution in [0.25, 0.3) is 0 Å². The van der Waals surface area contributed by atoms with Crippen LogP contribution in [0, 0.1) is 5.92 Å². The molecule has 220 valence electrons. The largest absolute Gasteiger partial charge is 0.493 e. The van der Waals surface area contributed by atoms with E-state index >= 15 is 0 Å². The third kappa shape index (κ3) is 8.19. The van der Waals surface area contributed by atoms with Crippen LogP contribution in [0.1, 0.15) is 50.5 Å². The number of nitrogens with two attached hydrogens (primary N) is 1. The summed E-state index contributed by atoms with van der Waals surface area (Å²) in [6.07, 6.45) is 4.72. The van der Waals surface area contributed by atoms with E-state index in [1.54, 1.807) is 12.1 Å². The number of carboxylic acids is 1. The normalized spacial score (nSPS) is 20.8. The Labute approximate surface area is 230 Å². The number of methoxy groups -OCH3 is 1. The molecule has 12 nitrogen and oxygen atoms in total. The molecule has 13 heteroatoms. The Morgan fingerprint density at radius 1 is 1.23 bits per heavy atom. The van der Waals surface area contributed by atoms with Crippen LogP contribution in [0.5, 0.6) is 17.2 Å². The summed E-state index contributed by atoms with van der Waals surface area (Å²) in [5.74, 6) is -1.06. The number of benzene rings is 1. The number of likely N-dealkylation sites (tertiary alicyclic amines) is 1. The number of unbranched alkanes of at least 4 members (excludes halogenated alkanes) is 2. The van der Waals surface area contributed by atoms with Gasteiger partial charge in [0, 0.05) is 38.1 Å². The highest BCUT2D eigenvalue weighted by Gasteiger charge is 2.47. The van der Waals surface area contributed by atoms with Gasteiger partial charge in [0.05, 0.1) is 25.8 Å². The molecule has 2 aliphatic rings. The molecule has 3 atom stereocenters. The molecule has 0 saturated carbocycles. The predicted octanol–water partition coefficient (Wildman–Crippen LogP) is 1.20. The molecule has 1 saturated heterocycles. The van der Waals surface area contributed by atoms with Crippen molar-refractivity contribution in [3.05, 3.63) is 17.7 Å². The van der Waals surface area contributed by atoms with E-state index in [0.29, 0.717) is 49.0 Å². The Bertz CT molecular complexity index is 1100. The van der Waals surface area contributed by atoms with E-state index in [1.165, 1.54) is 7.11 Å². The number of nitrogens with zero attached hydrogens (tertiary/aromatic N) is 2. The van der Waals surface area contributed by atoms with E-state index in [9.17, 15) is 23.1 Å². The van der Waals surface area contributed by atoms with Crippen molar-refractivity contribution in [2.75, 3.05) is 59.4 Å². The Kier molecular flexibility index (Phi) is 11.2. The smallest absolute Gasteiger partial charge is 0.308 e. The number of amides is 1. The van der Waals surface area contributed by atoms with Gasteiger partial charge in [-0.2, -0.15) is 0 Å². The maximum Gasteiger partial charge on any atom is 0.308 e. The van der Waals surface area contributed by atoms with Crippen LogP contribution >= 0.6 is 0 Å². The van der Waals surface area contributed by atoms with Crippen LogP contribution in [-0.4, -0.2) is 101 Å².